The van der Waals surface area contributed by atoms with Crippen LogP contribution >= 0.6 is 0 Å². The molecule has 3 nitrogen and oxygen atoms in total. The van der Waals surface area contributed by atoms with Gasteiger partial charge < -0.3 is 10.3 Å². The summed E-state index contributed by atoms with van der Waals surface area (Å²) in [5.41, 5.74) is 3.66. The first-order valence-electron chi connectivity index (χ1n) is 5.38. The van der Waals surface area contributed by atoms with E-state index >= 15 is 0 Å². The van der Waals surface area contributed by atoms with Crippen LogP contribution in [0.5, 0.6) is 0 Å². The normalized spacial score (nSPS) is 10.9. The summed E-state index contributed by atoms with van der Waals surface area (Å²) in [7, 11) is 1.90. The maximum atomic E-state index is 11.0. The van der Waals surface area contributed by atoms with Crippen molar-refractivity contribution < 1.29 is 4.79 Å². The first-order valence-corrected chi connectivity index (χ1v) is 5.38. The quantitative estimate of drug-likeness (QED) is 0.719. The van der Waals surface area contributed by atoms with Crippen molar-refractivity contribution in [2.45, 2.75) is 13.3 Å². The molecule has 0 fully saturated rings. The van der Waals surface area contributed by atoms with E-state index in [0.29, 0.717) is 5.69 Å². The van der Waals surface area contributed by atoms with E-state index in [4.69, 9.17) is 0 Å². The predicted octanol–water partition coefficient (Wildman–Crippen LogP) is 2.27. The number of nitrogens with one attached hydrogen (secondary N) is 2. The minimum Gasteiger partial charge on any atom is -0.352 e. The van der Waals surface area contributed by atoms with Crippen molar-refractivity contribution in [3.05, 3.63) is 35.2 Å². The Morgan fingerprint density at radius 1 is 1.44 bits per heavy atom. The standard InChI is InChI=1S/C13H18N2O/c1-4-6-12-10(5-2)11(7-8-14-3)13(9-16)15-12/h4-6,9,14-15H,2,7-8H2,1,3H3/b6-4-. The Hall–Kier alpha value is -1.61. The highest BCUT2D eigenvalue weighted by Crippen LogP contribution is 2.21. The van der Waals surface area contributed by atoms with Gasteiger partial charge in [0, 0.05) is 11.3 Å². The van der Waals surface area contributed by atoms with E-state index in [2.05, 4.69) is 16.9 Å². The lowest BCUT2D eigenvalue weighted by Crippen LogP contribution is -2.11. The molecule has 2 N–H and O–H groups in total. The summed E-state index contributed by atoms with van der Waals surface area (Å²) in [6.45, 7) is 6.59. The second-order valence-electron chi connectivity index (χ2n) is 3.52. The number of carbonyl (C=O) groups is 1. The lowest BCUT2D eigenvalue weighted by molar-refractivity contribution is 0.111. The zero-order chi connectivity index (χ0) is 12.0. The van der Waals surface area contributed by atoms with Crippen LogP contribution in [-0.4, -0.2) is 24.9 Å². The van der Waals surface area contributed by atoms with Crippen LogP contribution in [0.2, 0.25) is 0 Å². The van der Waals surface area contributed by atoms with E-state index in [1.165, 1.54) is 0 Å². The van der Waals surface area contributed by atoms with Crippen LogP contribution in [0.15, 0.2) is 12.7 Å². The fourth-order valence-electron chi connectivity index (χ4n) is 1.75. The van der Waals surface area contributed by atoms with Gasteiger partial charge in [-0.15, -0.1) is 0 Å². The smallest absolute Gasteiger partial charge is 0.166 e. The number of likely N-dealkylation sites (N-methyl/N-ethyl adjacent to an activating group) is 1. The van der Waals surface area contributed by atoms with E-state index in [0.717, 1.165) is 36.1 Å². The molecule has 1 heterocycles. The van der Waals surface area contributed by atoms with Gasteiger partial charge in [-0.1, -0.05) is 18.7 Å². The zero-order valence-electron chi connectivity index (χ0n) is 9.84. The number of aromatic amines is 1. The first kappa shape index (κ1) is 12.5. The van der Waals surface area contributed by atoms with Crippen molar-refractivity contribution in [1.29, 1.82) is 0 Å². The van der Waals surface area contributed by atoms with Gasteiger partial charge in [0.2, 0.25) is 0 Å². The number of hydrogen-bond acceptors (Lipinski definition) is 2. The molecule has 0 saturated carbocycles. The molecule has 0 amide bonds. The van der Waals surface area contributed by atoms with Crippen LogP contribution in [0.4, 0.5) is 0 Å². The molecule has 0 aliphatic carbocycles. The summed E-state index contributed by atoms with van der Waals surface area (Å²) in [5.74, 6) is 0. The first-order chi connectivity index (χ1) is 7.78. The number of H-pyrrole nitrogens is 1. The number of aldehydes is 1. The molecule has 0 atom stereocenters. The van der Waals surface area contributed by atoms with Gasteiger partial charge in [-0.05, 0) is 38.6 Å². The Bertz CT molecular complexity index is 402. The van der Waals surface area contributed by atoms with E-state index < -0.39 is 0 Å². The Morgan fingerprint density at radius 3 is 2.69 bits per heavy atom. The molecule has 86 valence electrons. The van der Waals surface area contributed by atoms with Gasteiger partial charge in [0.25, 0.3) is 0 Å². The van der Waals surface area contributed by atoms with Crippen LogP contribution in [0.3, 0.4) is 0 Å². The van der Waals surface area contributed by atoms with Crippen LogP contribution in [-0.2, 0) is 6.42 Å². The topological polar surface area (TPSA) is 44.9 Å². The number of aromatic nitrogens is 1. The fourth-order valence-corrected chi connectivity index (χ4v) is 1.75. The van der Waals surface area contributed by atoms with Gasteiger partial charge in [-0.25, -0.2) is 0 Å². The summed E-state index contributed by atoms with van der Waals surface area (Å²) in [5, 5.41) is 3.08. The average Bonchev–Trinajstić information content (AvgIpc) is 2.64. The number of carbonyl (C=O) groups excluding carboxylic acids is 1. The average molecular weight is 218 g/mol. The lowest BCUT2D eigenvalue weighted by atomic mass is 10.1. The molecule has 0 aliphatic heterocycles. The molecule has 0 radical (unpaired) electrons. The summed E-state index contributed by atoms with van der Waals surface area (Å²) < 4.78 is 0. The molecule has 0 bridgehead atoms. The molecule has 0 aliphatic rings. The van der Waals surface area contributed by atoms with Crippen LogP contribution < -0.4 is 5.32 Å². The maximum absolute atomic E-state index is 11.0. The predicted molar refractivity (Wildman–Crippen MR) is 68.6 cm³/mol. The number of hydrogen-bond donors (Lipinski definition) is 2. The van der Waals surface area contributed by atoms with E-state index in [1.54, 1.807) is 6.08 Å². The lowest BCUT2D eigenvalue weighted by Gasteiger charge is -2.01. The van der Waals surface area contributed by atoms with Crippen molar-refractivity contribution in [1.82, 2.24) is 10.3 Å². The van der Waals surface area contributed by atoms with Gasteiger partial charge >= 0.3 is 0 Å². The van der Waals surface area contributed by atoms with Gasteiger partial charge in [0.1, 0.15) is 0 Å². The van der Waals surface area contributed by atoms with Crippen molar-refractivity contribution in [2.75, 3.05) is 13.6 Å². The van der Waals surface area contributed by atoms with Gasteiger partial charge in [0.15, 0.2) is 6.29 Å². The molecule has 1 aromatic heterocycles. The van der Waals surface area contributed by atoms with Crippen molar-refractivity contribution in [3.8, 4) is 0 Å². The van der Waals surface area contributed by atoms with Crippen LogP contribution in [0.1, 0.15) is 34.2 Å². The van der Waals surface area contributed by atoms with E-state index in [-0.39, 0.29) is 0 Å². The Labute approximate surface area is 96.3 Å². The third-order valence-electron chi connectivity index (χ3n) is 2.49. The molecule has 0 spiro atoms. The van der Waals surface area contributed by atoms with Crippen LogP contribution in [0.25, 0.3) is 12.2 Å². The van der Waals surface area contributed by atoms with E-state index in [1.807, 2.05) is 26.1 Å². The summed E-state index contributed by atoms with van der Waals surface area (Å²) in [4.78, 5) is 14.1. The third-order valence-corrected chi connectivity index (χ3v) is 2.49. The van der Waals surface area contributed by atoms with Gasteiger partial charge in [-0.2, -0.15) is 0 Å². The summed E-state index contributed by atoms with van der Waals surface area (Å²) >= 11 is 0. The fraction of sp³-hybridized carbons (Fsp3) is 0.308. The van der Waals surface area contributed by atoms with Crippen LogP contribution in [0, 0.1) is 0 Å². The molecule has 0 unspecified atom stereocenters. The number of allylic oxidation sites excluding steroid dienone is 1. The SMILES string of the molecule is C=Cc1c(/C=C\C)[nH]c(C=O)c1CCNC. The highest BCUT2D eigenvalue weighted by molar-refractivity contribution is 5.81. The monoisotopic (exact) mass is 218 g/mol. The Kier molecular flexibility index (Phi) is 4.73. The Balaban J connectivity index is 3.19. The highest BCUT2D eigenvalue weighted by atomic mass is 16.1. The molecule has 1 aromatic rings. The van der Waals surface area contributed by atoms with Crippen molar-refractivity contribution in [3.63, 3.8) is 0 Å². The maximum Gasteiger partial charge on any atom is 0.166 e. The minimum atomic E-state index is 0.651. The summed E-state index contributed by atoms with van der Waals surface area (Å²) in [6.07, 6.45) is 7.37. The van der Waals surface area contributed by atoms with Gasteiger partial charge in [0.05, 0.1) is 5.69 Å². The van der Waals surface area contributed by atoms with Crippen molar-refractivity contribution in [2.24, 2.45) is 0 Å². The largest absolute Gasteiger partial charge is 0.352 e. The highest BCUT2D eigenvalue weighted by Gasteiger charge is 2.12. The molecule has 1 rings (SSSR count). The third kappa shape index (κ3) is 2.49. The molecular formula is C13H18N2O. The van der Waals surface area contributed by atoms with E-state index in [9.17, 15) is 4.79 Å². The summed E-state index contributed by atoms with van der Waals surface area (Å²) in [6, 6.07) is 0. The van der Waals surface area contributed by atoms with Gasteiger partial charge in [-0.3, -0.25) is 4.79 Å². The Morgan fingerprint density at radius 2 is 2.19 bits per heavy atom. The molecule has 0 saturated heterocycles. The molecular weight excluding hydrogens is 200 g/mol. The number of rotatable bonds is 6. The molecule has 3 heteroatoms. The molecule has 16 heavy (non-hydrogen) atoms. The van der Waals surface area contributed by atoms with Crippen molar-refractivity contribution >= 4 is 18.4 Å². The second-order valence-corrected chi connectivity index (χ2v) is 3.52. The zero-order valence-corrected chi connectivity index (χ0v) is 9.84. The minimum absolute atomic E-state index is 0.651. The molecule has 0 aromatic carbocycles. The second kappa shape index (κ2) is 6.08.